The molecule has 4 nitrogen and oxygen atoms in total. The summed E-state index contributed by atoms with van der Waals surface area (Å²) in [6.45, 7) is 4.21. The van der Waals surface area contributed by atoms with Crippen LogP contribution >= 0.6 is 0 Å². The number of fused-ring (bicyclic) bond motifs is 1. The van der Waals surface area contributed by atoms with E-state index in [4.69, 9.17) is 5.73 Å². The van der Waals surface area contributed by atoms with Crippen LogP contribution in [0, 0.1) is 6.92 Å². The molecule has 2 heterocycles. The molecule has 0 radical (unpaired) electrons. The van der Waals surface area contributed by atoms with Crippen LogP contribution in [0.1, 0.15) is 37.2 Å². The highest BCUT2D eigenvalue weighted by Crippen LogP contribution is 2.26. The molecule has 0 spiro atoms. The number of aryl methyl sites for hydroxylation is 2. The van der Waals surface area contributed by atoms with Crippen molar-refractivity contribution in [1.29, 1.82) is 0 Å². The van der Waals surface area contributed by atoms with E-state index in [9.17, 15) is 0 Å². The van der Waals surface area contributed by atoms with Crippen LogP contribution in [0.4, 0.5) is 5.69 Å². The van der Waals surface area contributed by atoms with Gasteiger partial charge in [0.2, 0.25) is 0 Å². The van der Waals surface area contributed by atoms with Crippen LogP contribution in [0.15, 0.2) is 18.2 Å². The summed E-state index contributed by atoms with van der Waals surface area (Å²) >= 11 is 0. The predicted molar refractivity (Wildman–Crippen MR) is 72.3 cm³/mol. The average molecular weight is 242 g/mol. The Labute approximate surface area is 107 Å². The summed E-state index contributed by atoms with van der Waals surface area (Å²) < 4.78 is 2.06. The minimum atomic E-state index is 0.456. The number of nitrogens with zero attached hydrogens (tertiary/aromatic N) is 3. The number of aromatic nitrogens is 3. The average Bonchev–Trinajstić information content (AvgIpc) is 2.78. The lowest BCUT2D eigenvalue weighted by Crippen LogP contribution is -2.16. The first-order chi connectivity index (χ1) is 8.65. The topological polar surface area (TPSA) is 56.7 Å². The second-order valence-corrected chi connectivity index (χ2v) is 5.11. The van der Waals surface area contributed by atoms with Crippen molar-refractivity contribution in [3.8, 4) is 11.4 Å². The Hall–Kier alpha value is -1.84. The largest absolute Gasteiger partial charge is 0.398 e. The molecule has 0 saturated heterocycles. The minimum Gasteiger partial charge on any atom is -0.398 e. The Morgan fingerprint density at radius 3 is 2.94 bits per heavy atom. The number of benzene rings is 1. The molecule has 1 aromatic carbocycles. The Bertz CT molecular complexity index is 585. The van der Waals surface area contributed by atoms with Crippen LogP contribution < -0.4 is 5.73 Å². The van der Waals surface area contributed by atoms with Crippen molar-refractivity contribution in [3.05, 3.63) is 29.6 Å². The monoisotopic (exact) mass is 242 g/mol. The van der Waals surface area contributed by atoms with Gasteiger partial charge in [0.15, 0.2) is 5.82 Å². The fourth-order valence-corrected chi connectivity index (χ4v) is 2.46. The van der Waals surface area contributed by atoms with Gasteiger partial charge in [-0.1, -0.05) is 12.1 Å². The SMILES string of the molecule is Cc1ccc(-c2nc3n(n2)C(C)CCC3)cc1N. The van der Waals surface area contributed by atoms with E-state index >= 15 is 0 Å². The molecule has 4 heteroatoms. The van der Waals surface area contributed by atoms with Crippen LogP contribution in [0.25, 0.3) is 11.4 Å². The van der Waals surface area contributed by atoms with Gasteiger partial charge >= 0.3 is 0 Å². The maximum absolute atomic E-state index is 5.95. The zero-order valence-corrected chi connectivity index (χ0v) is 10.8. The van der Waals surface area contributed by atoms with Gasteiger partial charge in [0.25, 0.3) is 0 Å². The molecule has 0 aliphatic carbocycles. The molecule has 94 valence electrons. The molecule has 1 aliphatic rings. The van der Waals surface area contributed by atoms with Crippen molar-refractivity contribution >= 4 is 5.69 Å². The van der Waals surface area contributed by atoms with E-state index in [1.54, 1.807) is 0 Å². The van der Waals surface area contributed by atoms with Gasteiger partial charge in [-0.15, -0.1) is 0 Å². The number of hydrogen-bond acceptors (Lipinski definition) is 3. The molecule has 18 heavy (non-hydrogen) atoms. The van der Waals surface area contributed by atoms with Crippen molar-refractivity contribution in [2.75, 3.05) is 5.73 Å². The van der Waals surface area contributed by atoms with Crippen molar-refractivity contribution in [1.82, 2.24) is 14.8 Å². The molecule has 2 N–H and O–H groups in total. The maximum Gasteiger partial charge on any atom is 0.181 e. The molecule has 2 aromatic rings. The highest BCUT2D eigenvalue weighted by Gasteiger charge is 2.20. The molecule has 0 amide bonds. The van der Waals surface area contributed by atoms with Gasteiger partial charge in [0.05, 0.1) is 6.04 Å². The molecule has 1 aliphatic heterocycles. The third kappa shape index (κ3) is 1.78. The van der Waals surface area contributed by atoms with Gasteiger partial charge in [0, 0.05) is 17.7 Å². The fourth-order valence-electron chi connectivity index (χ4n) is 2.46. The Kier molecular flexibility index (Phi) is 2.58. The maximum atomic E-state index is 5.95. The van der Waals surface area contributed by atoms with Crippen molar-refractivity contribution in [2.45, 2.75) is 39.2 Å². The normalized spacial score (nSPS) is 18.7. The number of hydrogen-bond donors (Lipinski definition) is 1. The third-order valence-corrected chi connectivity index (χ3v) is 3.68. The predicted octanol–water partition coefficient (Wildman–Crippen LogP) is 2.73. The lowest BCUT2D eigenvalue weighted by molar-refractivity contribution is 0.389. The van der Waals surface area contributed by atoms with Crippen molar-refractivity contribution in [3.63, 3.8) is 0 Å². The summed E-state index contributed by atoms with van der Waals surface area (Å²) in [7, 11) is 0. The summed E-state index contributed by atoms with van der Waals surface area (Å²) in [6.07, 6.45) is 3.42. The van der Waals surface area contributed by atoms with E-state index in [1.165, 1.54) is 12.8 Å². The summed E-state index contributed by atoms with van der Waals surface area (Å²) in [5, 5.41) is 4.62. The molecule has 1 atom stereocenters. The zero-order chi connectivity index (χ0) is 12.7. The number of nitrogens with two attached hydrogens (primary N) is 1. The van der Waals surface area contributed by atoms with Gasteiger partial charge < -0.3 is 5.73 Å². The standard InChI is InChI=1S/C14H18N4/c1-9-6-7-11(8-12(9)15)14-16-13-5-3-4-10(2)18(13)17-14/h6-8,10H,3-5,15H2,1-2H3. The Morgan fingerprint density at radius 2 is 2.22 bits per heavy atom. The van der Waals surface area contributed by atoms with Crippen molar-refractivity contribution in [2.24, 2.45) is 0 Å². The van der Waals surface area contributed by atoms with E-state index in [0.29, 0.717) is 6.04 Å². The van der Waals surface area contributed by atoms with Gasteiger partial charge in [0.1, 0.15) is 5.82 Å². The first-order valence-electron chi connectivity index (χ1n) is 6.47. The van der Waals surface area contributed by atoms with Gasteiger partial charge in [-0.3, -0.25) is 0 Å². The van der Waals surface area contributed by atoms with Crippen LogP contribution in [-0.4, -0.2) is 14.8 Å². The zero-order valence-electron chi connectivity index (χ0n) is 10.8. The van der Waals surface area contributed by atoms with E-state index in [0.717, 1.165) is 34.9 Å². The summed E-state index contributed by atoms with van der Waals surface area (Å²) in [6, 6.07) is 6.48. The fraction of sp³-hybridized carbons (Fsp3) is 0.429. The molecule has 0 saturated carbocycles. The summed E-state index contributed by atoms with van der Waals surface area (Å²) in [4.78, 5) is 4.64. The number of rotatable bonds is 1. The highest BCUT2D eigenvalue weighted by atomic mass is 15.4. The quantitative estimate of drug-likeness (QED) is 0.782. The van der Waals surface area contributed by atoms with E-state index in [-0.39, 0.29) is 0 Å². The number of nitrogen functional groups attached to an aromatic ring is 1. The van der Waals surface area contributed by atoms with Crippen LogP contribution in [0.3, 0.4) is 0 Å². The Balaban J connectivity index is 2.04. The first-order valence-corrected chi connectivity index (χ1v) is 6.47. The Morgan fingerprint density at radius 1 is 1.39 bits per heavy atom. The molecular formula is C14H18N4. The minimum absolute atomic E-state index is 0.456. The summed E-state index contributed by atoms with van der Waals surface area (Å²) in [5.74, 6) is 1.90. The van der Waals surface area contributed by atoms with E-state index < -0.39 is 0 Å². The van der Waals surface area contributed by atoms with Crippen LogP contribution in [-0.2, 0) is 6.42 Å². The van der Waals surface area contributed by atoms with Crippen LogP contribution in [0.5, 0.6) is 0 Å². The van der Waals surface area contributed by atoms with E-state index in [1.807, 2.05) is 25.1 Å². The summed E-state index contributed by atoms with van der Waals surface area (Å²) in [5.41, 5.74) is 8.84. The first kappa shape index (κ1) is 11.3. The van der Waals surface area contributed by atoms with Gasteiger partial charge in [-0.2, -0.15) is 5.10 Å². The van der Waals surface area contributed by atoms with Crippen LogP contribution in [0.2, 0.25) is 0 Å². The van der Waals surface area contributed by atoms with Gasteiger partial charge in [-0.25, -0.2) is 9.67 Å². The lowest BCUT2D eigenvalue weighted by Gasteiger charge is -2.18. The molecule has 0 bridgehead atoms. The van der Waals surface area contributed by atoms with Gasteiger partial charge in [-0.05, 0) is 38.3 Å². The lowest BCUT2D eigenvalue weighted by atomic mass is 10.1. The van der Waals surface area contributed by atoms with Crippen molar-refractivity contribution < 1.29 is 0 Å². The third-order valence-electron chi connectivity index (χ3n) is 3.68. The smallest absolute Gasteiger partial charge is 0.181 e. The second-order valence-electron chi connectivity index (χ2n) is 5.11. The number of anilines is 1. The molecule has 3 rings (SSSR count). The molecular weight excluding hydrogens is 224 g/mol. The molecule has 1 unspecified atom stereocenters. The molecule has 1 aromatic heterocycles. The second kappa shape index (κ2) is 4.12. The highest BCUT2D eigenvalue weighted by molar-refractivity contribution is 5.63. The molecule has 0 fully saturated rings. The van der Waals surface area contributed by atoms with E-state index in [2.05, 4.69) is 21.7 Å².